The zero-order valence-corrected chi connectivity index (χ0v) is 21.8. The average molecular weight is 457 g/mol. The largest absolute Gasteiger partial charge is 0.468 e. The second-order valence-corrected chi connectivity index (χ2v) is 19.2. The van der Waals surface area contributed by atoms with E-state index in [4.69, 9.17) is 9.47 Å². The van der Waals surface area contributed by atoms with E-state index in [0.717, 1.165) is 6.42 Å². The minimum atomic E-state index is -2.25. The molecule has 0 spiro atoms. The van der Waals surface area contributed by atoms with E-state index >= 15 is 0 Å². The van der Waals surface area contributed by atoms with Crippen LogP contribution < -0.4 is 10.4 Å². The number of carbonyl (C=O) groups is 2. The molecule has 0 aliphatic rings. The van der Waals surface area contributed by atoms with Crippen molar-refractivity contribution in [1.82, 2.24) is 0 Å². The fraction of sp³-hybridized carbons (Fsp3) is 0.440. The summed E-state index contributed by atoms with van der Waals surface area (Å²) >= 11 is 0. The topological polar surface area (TPSA) is 52.6 Å². The van der Waals surface area contributed by atoms with Crippen molar-refractivity contribution < 1.29 is 19.1 Å². The van der Waals surface area contributed by atoms with Crippen LogP contribution in [-0.2, 0) is 19.1 Å². The van der Waals surface area contributed by atoms with E-state index in [1.807, 2.05) is 24.3 Å². The molecule has 0 aromatic heterocycles. The molecule has 0 heterocycles. The van der Waals surface area contributed by atoms with Crippen molar-refractivity contribution in [1.29, 1.82) is 0 Å². The van der Waals surface area contributed by atoms with Gasteiger partial charge in [-0.05, 0) is 11.1 Å². The maximum Gasteiger partial charge on any atom is 0.320 e. The molecule has 0 saturated carbocycles. The van der Waals surface area contributed by atoms with E-state index in [1.165, 1.54) is 24.6 Å². The molecule has 0 radical (unpaired) electrons. The lowest BCUT2D eigenvalue weighted by Crippen LogP contribution is -2.54. The Labute approximate surface area is 189 Å². The maximum absolute atomic E-state index is 12.8. The number of benzene rings is 2. The van der Waals surface area contributed by atoms with Crippen molar-refractivity contribution in [3.05, 3.63) is 60.7 Å². The molecule has 168 valence electrons. The number of hydrogen-bond acceptors (Lipinski definition) is 4. The third kappa shape index (κ3) is 5.54. The smallest absolute Gasteiger partial charge is 0.320 e. The van der Waals surface area contributed by atoms with E-state index in [-0.39, 0.29) is 5.54 Å². The quantitative estimate of drug-likeness (QED) is 0.320. The van der Waals surface area contributed by atoms with Gasteiger partial charge in [0.25, 0.3) is 0 Å². The van der Waals surface area contributed by atoms with Crippen molar-refractivity contribution in [2.75, 3.05) is 14.2 Å². The van der Waals surface area contributed by atoms with E-state index in [9.17, 15) is 9.59 Å². The summed E-state index contributed by atoms with van der Waals surface area (Å²) in [6.07, 6.45) is 0.775. The number of esters is 2. The molecule has 0 bridgehead atoms. The second kappa shape index (κ2) is 10.4. The van der Waals surface area contributed by atoms with Crippen LogP contribution in [0.2, 0.25) is 37.3 Å². The van der Waals surface area contributed by atoms with Gasteiger partial charge in [-0.1, -0.05) is 111 Å². The normalized spacial score (nSPS) is 14.1. The minimum Gasteiger partial charge on any atom is -0.468 e. The van der Waals surface area contributed by atoms with Gasteiger partial charge < -0.3 is 9.47 Å². The molecule has 0 unspecified atom stereocenters. The molecule has 4 nitrogen and oxygen atoms in total. The van der Waals surface area contributed by atoms with Crippen LogP contribution in [0.3, 0.4) is 0 Å². The molecule has 2 aromatic rings. The predicted octanol–water partition coefficient (Wildman–Crippen LogP) is 4.33. The molecular formula is C25H36O4Si2. The first-order valence-electron chi connectivity index (χ1n) is 10.8. The van der Waals surface area contributed by atoms with Gasteiger partial charge in [0.15, 0.2) is 5.92 Å². The Morgan fingerprint density at radius 1 is 0.742 bits per heavy atom. The summed E-state index contributed by atoms with van der Waals surface area (Å²) in [5.74, 6) is -1.92. The molecule has 0 aliphatic heterocycles. The van der Waals surface area contributed by atoms with Crippen LogP contribution in [0.15, 0.2) is 60.7 Å². The molecule has 31 heavy (non-hydrogen) atoms. The van der Waals surface area contributed by atoms with Crippen molar-refractivity contribution in [3.8, 4) is 0 Å². The van der Waals surface area contributed by atoms with E-state index in [0.29, 0.717) is 5.54 Å². The standard InChI is InChI=1S/C25H36O4Si2/c1-19(30(4,5)20-14-10-8-11-15-20)18-22(23(24(26)28-2)25(27)29-3)31(6,7)21-16-12-9-13-17-21/h8-17,19,22-23H,18H2,1-7H3/t19-,22+/m1/s1. The molecule has 0 aliphatic carbocycles. The van der Waals surface area contributed by atoms with Gasteiger partial charge in [-0.3, -0.25) is 9.59 Å². The van der Waals surface area contributed by atoms with Gasteiger partial charge in [-0.2, -0.15) is 0 Å². The number of methoxy groups -OCH3 is 2. The Balaban J connectivity index is 2.53. The number of carbonyl (C=O) groups excluding carboxylic acids is 2. The Morgan fingerprint density at radius 2 is 1.13 bits per heavy atom. The Bertz CT molecular complexity index is 850. The van der Waals surface area contributed by atoms with E-state index in [2.05, 4.69) is 69.5 Å². The summed E-state index contributed by atoms with van der Waals surface area (Å²) in [6, 6.07) is 20.9. The van der Waals surface area contributed by atoms with Gasteiger partial charge in [-0.25, -0.2) is 0 Å². The van der Waals surface area contributed by atoms with Crippen molar-refractivity contribution >= 4 is 38.5 Å². The number of hydrogen-bond donors (Lipinski definition) is 0. The summed E-state index contributed by atoms with van der Waals surface area (Å²) in [7, 11) is -1.40. The highest BCUT2D eigenvalue weighted by Crippen LogP contribution is 2.42. The van der Waals surface area contributed by atoms with Crippen LogP contribution in [0, 0.1) is 5.92 Å². The summed E-state index contributed by atoms with van der Waals surface area (Å²) in [5, 5.41) is 2.61. The van der Waals surface area contributed by atoms with Gasteiger partial charge >= 0.3 is 11.9 Å². The molecule has 0 fully saturated rings. The second-order valence-electron chi connectivity index (χ2n) is 9.44. The maximum atomic E-state index is 12.8. The van der Waals surface area contributed by atoms with Gasteiger partial charge in [0.05, 0.1) is 30.4 Å². The summed E-state index contributed by atoms with van der Waals surface area (Å²) < 4.78 is 10.2. The molecule has 0 saturated heterocycles. The SMILES string of the molecule is COC(=O)C(C(=O)OC)[C@H](C[C@@H](C)[Si](C)(C)c1ccccc1)[Si](C)(C)c1ccccc1. The van der Waals surface area contributed by atoms with Gasteiger partial charge in [0.1, 0.15) is 0 Å². The lowest BCUT2D eigenvalue weighted by Gasteiger charge is -2.41. The third-order valence-electron chi connectivity index (χ3n) is 7.11. The van der Waals surface area contributed by atoms with Crippen molar-refractivity contribution in [2.45, 2.75) is 50.6 Å². The monoisotopic (exact) mass is 456 g/mol. The van der Waals surface area contributed by atoms with Gasteiger partial charge in [0.2, 0.25) is 0 Å². The summed E-state index contributed by atoms with van der Waals surface area (Å²) in [4.78, 5) is 25.7. The first kappa shape index (κ1) is 25.1. The minimum absolute atomic E-state index is 0.139. The molecule has 2 atom stereocenters. The van der Waals surface area contributed by atoms with Crippen molar-refractivity contribution in [2.24, 2.45) is 5.92 Å². The number of rotatable bonds is 9. The highest BCUT2D eigenvalue weighted by Gasteiger charge is 2.48. The lowest BCUT2D eigenvalue weighted by molar-refractivity contribution is -0.159. The Morgan fingerprint density at radius 3 is 1.52 bits per heavy atom. The predicted molar refractivity (Wildman–Crippen MR) is 132 cm³/mol. The highest BCUT2D eigenvalue weighted by atomic mass is 28.3. The molecule has 6 heteroatoms. The molecule has 2 rings (SSSR count). The summed E-state index contributed by atoms with van der Waals surface area (Å²) in [5.41, 5.74) is 0.215. The first-order valence-corrected chi connectivity index (χ1v) is 17.0. The fourth-order valence-corrected chi connectivity index (χ4v) is 10.7. The molecule has 2 aromatic carbocycles. The lowest BCUT2D eigenvalue weighted by atomic mass is 10.0. The van der Waals surface area contributed by atoms with Gasteiger partial charge in [-0.15, -0.1) is 0 Å². The van der Waals surface area contributed by atoms with Crippen LogP contribution in [0.1, 0.15) is 13.3 Å². The van der Waals surface area contributed by atoms with Crippen molar-refractivity contribution in [3.63, 3.8) is 0 Å². The van der Waals surface area contributed by atoms with Crippen LogP contribution in [0.5, 0.6) is 0 Å². The third-order valence-corrected chi connectivity index (χ3v) is 15.9. The first-order chi connectivity index (χ1) is 14.6. The average Bonchev–Trinajstić information content (AvgIpc) is 2.79. The van der Waals surface area contributed by atoms with E-state index in [1.54, 1.807) is 0 Å². The van der Waals surface area contributed by atoms with Crippen LogP contribution >= 0.6 is 0 Å². The molecule has 0 N–H and O–H groups in total. The molecular weight excluding hydrogens is 420 g/mol. The Hall–Kier alpha value is -2.19. The van der Waals surface area contributed by atoms with Crippen LogP contribution in [0.25, 0.3) is 0 Å². The van der Waals surface area contributed by atoms with Crippen LogP contribution in [-0.4, -0.2) is 42.3 Å². The Kier molecular flexibility index (Phi) is 8.43. The zero-order valence-electron chi connectivity index (χ0n) is 19.8. The number of ether oxygens (including phenoxy) is 2. The van der Waals surface area contributed by atoms with Gasteiger partial charge in [0, 0.05) is 0 Å². The highest BCUT2D eigenvalue weighted by molar-refractivity contribution is 6.92. The van der Waals surface area contributed by atoms with E-state index < -0.39 is 34.0 Å². The summed E-state index contributed by atoms with van der Waals surface area (Å²) in [6.45, 7) is 11.5. The van der Waals surface area contributed by atoms with Crippen LogP contribution in [0.4, 0.5) is 0 Å². The fourth-order valence-electron chi connectivity index (χ4n) is 4.44. The zero-order chi connectivity index (χ0) is 23.2. The molecule has 0 amide bonds.